The summed E-state index contributed by atoms with van der Waals surface area (Å²) in [5.74, 6) is -0.560. The fourth-order valence-corrected chi connectivity index (χ4v) is 3.77. The molecule has 5 nitrogen and oxygen atoms in total. The third-order valence-electron chi connectivity index (χ3n) is 4.95. The Labute approximate surface area is 186 Å². The number of esters is 1. The highest BCUT2D eigenvalue weighted by atomic mass is 79.9. The van der Waals surface area contributed by atoms with Crippen LogP contribution in [0.15, 0.2) is 42.5 Å². The molecule has 162 valence electrons. The summed E-state index contributed by atoms with van der Waals surface area (Å²) in [4.78, 5) is 23.2. The van der Waals surface area contributed by atoms with E-state index in [2.05, 4.69) is 22.0 Å². The Bertz CT molecular complexity index is 834. The summed E-state index contributed by atoms with van der Waals surface area (Å²) in [5.41, 5.74) is 3.27. The third-order valence-corrected chi connectivity index (χ3v) is 5.52. The number of halogens is 1. The van der Waals surface area contributed by atoms with E-state index in [1.54, 1.807) is 12.1 Å². The van der Waals surface area contributed by atoms with Gasteiger partial charge in [0.25, 0.3) is 0 Å². The van der Waals surface area contributed by atoms with E-state index in [0.29, 0.717) is 17.7 Å². The van der Waals surface area contributed by atoms with Crippen molar-refractivity contribution in [1.29, 1.82) is 0 Å². The molecule has 30 heavy (non-hydrogen) atoms. The Kier molecular flexibility index (Phi) is 10.4. The van der Waals surface area contributed by atoms with Crippen LogP contribution in [0.4, 0.5) is 0 Å². The maximum atomic E-state index is 12.0. The first-order valence-electron chi connectivity index (χ1n) is 10.2. The number of carboxylic acids is 1. The van der Waals surface area contributed by atoms with Crippen molar-refractivity contribution in [3.63, 3.8) is 0 Å². The molecule has 0 aliphatic carbocycles. The van der Waals surface area contributed by atoms with Crippen molar-refractivity contribution in [2.24, 2.45) is 0 Å². The van der Waals surface area contributed by atoms with E-state index < -0.39 is 11.9 Å². The van der Waals surface area contributed by atoms with Crippen LogP contribution in [0.1, 0.15) is 59.2 Å². The van der Waals surface area contributed by atoms with E-state index in [0.717, 1.165) is 47.7 Å². The highest BCUT2D eigenvalue weighted by molar-refractivity contribution is 9.09. The zero-order valence-corrected chi connectivity index (χ0v) is 18.9. The molecule has 6 heteroatoms. The molecule has 0 radical (unpaired) electrons. The minimum atomic E-state index is -0.830. The molecule has 0 aliphatic heterocycles. The molecule has 0 spiro atoms. The smallest absolute Gasteiger partial charge is 0.338 e. The normalized spacial score (nSPS) is 10.6. The van der Waals surface area contributed by atoms with Gasteiger partial charge in [0.15, 0.2) is 0 Å². The summed E-state index contributed by atoms with van der Waals surface area (Å²) in [7, 11) is 1.35. The van der Waals surface area contributed by atoms with Crippen LogP contribution in [0.25, 0.3) is 0 Å². The van der Waals surface area contributed by atoms with Gasteiger partial charge >= 0.3 is 11.9 Å². The van der Waals surface area contributed by atoms with Crippen molar-refractivity contribution in [2.75, 3.05) is 12.4 Å². The van der Waals surface area contributed by atoms with Gasteiger partial charge in [-0.15, -0.1) is 0 Å². The minimum absolute atomic E-state index is 0.0513. The lowest BCUT2D eigenvalue weighted by molar-refractivity contribution is -0.136. The Morgan fingerprint density at radius 2 is 1.67 bits per heavy atom. The Hall–Kier alpha value is -2.34. The van der Waals surface area contributed by atoms with Gasteiger partial charge in [-0.25, -0.2) is 4.79 Å². The fourth-order valence-electron chi connectivity index (χ4n) is 3.37. The highest BCUT2D eigenvalue weighted by Crippen LogP contribution is 2.27. The van der Waals surface area contributed by atoms with E-state index in [1.807, 2.05) is 24.3 Å². The predicted molar refractivity (Wildman–Crippen MR) is 120 cm³/mol. The number of hydrogen-bond acceptors (Lipinski definition) is 4. The summed E-state index contributed by atoms with van der Waals surface area (Å²) in [6.07, 6.45) is 5.90. The van der Waals surface area contributed by atoms with E-state index in [9.17, 15) is 9.59 Å². The number of carbonyl (C=O) groups is 2. The van der Waals surface area contributed by atoms with Crippen LogP contribution >= 0.6 is 15.9 Å². The van der Waals surface area contributed by atoms with Gasteiger partial charge in [0.2, 0.25) is 0 Å². The summed E-state index contributed by atoms with van der Waals surface area (Å²) in [5, 5.41) is 10.2. The van der Waals surface area contributed by atoms with Crippen LogP contribution in [0.5, 0.6) is 5.75 Å². The van der Waals surface area contributed by atoms with Crippen LogP contribution in [-0.2, 0) is 29.0 Å². The minimum Gasteiger partial charge on any atom is -0.489 e. The number of carbonyl (C=O) groups excluding carboxylic acids is 1. The molecule has 0 aromatic heterocycles. The number of alkyl halides is 1. The van der Waals surface area contributed by atoms with Crippen molar-refractivity contribution in [3.05, 3.63) is 64.7 Å². The SMILES string of the molecule is COC(=O)c1ccccc1COc1cccc(CCCCCCBr)c1CCC(=O)O. The first-order chi connectivity index (χ1) is 14.6. The average Bonchev–Trinajstić information content (AvgIpc) is 2.76. The maximum absolute atomic E-state index is 12.0. The van der Waals surface area contributed by atoms with Crippen LogP contribution in [0.3, 0.4) is 0 Å². The Balaban J connectivity index is 2.17. The maximum Gasteiger partial charge on any atom is 0.338 e. The summed E-state index contributed by atoms with van der Waals surface area (Å²) >= 11 is 3.46. The molecule has 0 unspecified atom stereocenters. The molecule has 0 atom stereocenters. The van der Waals surface area contributed by atoms with Crippen molar-refractivity contribution < 1.29 is 24.2 Å². The third kappa shape index (κ3) is 7.48. The molecular weight excluding hydrogens is 448 g/mol. The molecule has 0 saturated heterocycles. The molecule has 0 bridgehead atoms. The first-order valence-corrected chi connectivity index (χ1v) is 11.4. The molecular formula is C24H29BrO5. The largest absolute Gasteiger partial charge is 0.489 e. The summed E-state index contributed by atoms with van der Waals surface area (Å²) in [6, 6.07) is 13.0. The molecule has 0 amide bonds. The highest BCUT2D eigenvalue weighted by Gasteiger charge is 2.15. The molecule has 0 fully saturated rings. The lowest BCUT2D eigenvalue weighted by atomic mass is 9.97. The molecule has 1 N–H and O–H groups in total. The van der Waals surface area contributed by atoms with Gasteiger partial charge in [-0.2, -0.15) is 0 Å². The van der Waals surface area contributed by atoms with Crippen molar-refractivity contribution in [3.8, 4) is 5.75 Å². The molecule has 2 aromatic carbocycles. The summed E-state index contributed by atoms with van der Waals surface area (Å²) < 4.78 is 10.9. The van der Waals surface area contributed by atoms with Crippen LogP contribution in [-0.4, -0.2) is 29.5 Å². The molecule has 2 aromatic rings. The monoisotopic (exact) mass is 476 g/mol. The lowest BCUT2D eigenvalue weighted by Crippen LogP contribution is -2.09. The second-order valence-electron chi connectivity index (χ2n) is 7.08. The van der Waals surface area contributed by atoms with Gasteiger partial charge in [-0.3, -0.25) is 4.79 Å². The number of ether oxygens (including phenoxy) is 2. The number of hydrogen-bond donors (Lipinski definition) is 1. The van der Waals surface area contributed by atoms with Gasteiger partial charge < -0.3 is 14.6 Å². The van der Waals surface area contributed by atoms with E-state index >= 15 is 0 Å². The average molecular weight is 477 g/mol. The van der Waals surface area contributed by atoms with Crippen LogP contribution in [0.2, 0.25) is 0 Å². The topological polar surface area (TPSA) is 72.8 Å². The molecule has 0 saturated carbocycles. The van der Waals surface area contributed by atoms with Gasteiger partial charge in [0.05, 0.1) is 12.7 Å². The van der Waals surface area contributed by atoms with Gasteiger partial charge in [-0.05, 0) is 48.9 Å². The standard InChI is InChI=1S/C24H29BrO5/c1-29-24(28)21-12-6-5-10-19(21)17-30-22-13-8-11-18(9-4-2-3-7-16-25)20(22)14-15-23(26)27/h5-6,8,10-13H,2-4,7,9,14-17H2,1H3,(H,26,27). The second kappa shape index (κ2) is 13.1. The number of rotatable bonds is 13. The molecule has 2 rings (SSSR count). The Morgan fingerprint density at radius 1 is 0.933 bits per heavy atom. The number of unbranched alkanes of at least 4 members (excludes halogenated alkanes) is 3. The number of methoxy groups -OCH3 is 1. The zero-order valence-electron chi connectivity index (χ0n) is 17.4. The van der Waals surface area contributed by atoms with E-state index in [4.69, 9.17) is 14.6 Å². The number of carboxylic acid groups (broad SMARTS) is 1. The first kappa shape index (κ1) is 23.9. The Morgan fingerprint density at radius 3 is 2.40 bits per heavy atom. The molecule has 0 aliphatic rings. The molecule has 0 heterocycles. The van der Waals surface area contributed by atoms with Gasteiger partial charge in [0, 0.05) is 17.3 Å². The quantitative estimate of drug-likeness (QED) is 0.232. The van der Waals surface area contributed by atoms with Crippen molar-refractivity contribution >= 4 is 27.9 Å². The van der Waals surface area contributed by atoms with Crippen molar-refractivity contribution in [1.82, 2.24) is 0 Å². The number of aryl methyl sites for hydroxylation is 1. The fraction of sp³-hybridized carbons (Fsp3) is 0.417. The van der Waals surface area contributed by atoms with Crippen molar-refractivity contribution in [2.45, 2.75) is 51.6 Å². The van der Waals surface area contributed by atoms with Gasteiger partial charge in [-0.1, -0.05) is 59.1 Å². The summed E-state index contributed by atoms with van der Waals surface area (Å²) in [6.45, 7) is 0.208. The number of aliphatic carboxylic acids is 1. The van der Waals surface area contributed by atoms with Gasteiger partial charge in [0.1, 0.15) is 12.4 Å². The number of benzene rings is 2. The zero-order chi connectivity index (χ0) is 21.8. The van der Waals surface area contributed by atoms with E-state index in [1.165, 1.54) is 13.5 Å². The van der Waals surface area contributed by atoms with E-state index in [-0.39, 0.29) is 13.0 Å². The second-order valence-corrected chi connectivity index (χ2v) is 7.87. The van der Waals surface area contributed by atoms with Crippen LogP contribution < -0.4 is 4.74 Å². The lowest BCUT2D eigenvalue weighted by Gasteiger charge is -2.16. The van der Waals surface area contributed by atoms with Crippen LogP contribution in [0, 0.1) is 0 Å². The predicted octanol–water partition coefficient (Wildman–Crippen LogP) is 5.57.